The predicted molar refractivity (Wildman–Crippen MR) is 107 cm³/mol. The number of amides is 1. The molecule has 2 aromatic heterocycles. The first kappa shape index (κ1) is 17.4. The van der Waals surface area contributed by atoms with E-state index in [1.165, 1.54) is 16.1 Å². The Morgan fingerprint density at radius 3 is 2.59 bits per heavy atom. The molecule has 0 aliphatic heterocycles. The first-order chi connectivity index (χ1) is 13.1. The molecule has 27 heavy (non-hydrogen) atoms. The lowest BCUT2D eigenvalue weighted by molar-refractivity contribution is 0.102. The number of thiazole rings is 1. The number of anilines is 1. The zero-order valence-electron chi connectivity index (χ0n) is 14.3. The summed E-state index contributed by atoms with van der Waals surface area (Å²) in [7, 11) is 0. The number of nitrogens with zero attached hydrogens (tertiary/aromatic N) is 4. The molecule has 0 unspecified atom stereocenters. The zero-order valence-corrected chi connectivity index (χ0v) is 15.8. The quantitative estimate of drug-likeness (QED) is 0.547. The Labute approximate surface area is 164 Å². The summed E-state index contributed by atoms with van der Waals surface area (Å²) >= 11 is 7.54. The van der Waals surface area contributed by atoms with Gasteiger partial charge in [-0.15, -0.1) is 16.4 Å². The highest BCUT2D eigenvalue weighted by Gasteiger charge is 2.18. The number of halogens is 1. The van der Waals surface area contributed by atoms with E-state index in [1.54, 1.807) is 13.0 Å². The molecular weight excluding hydrogens is 382 g/mol. The van der Waals surface area contributed by atoms with E-state index in [4.69, 9.17) is 11.6 Å². The van der Waals surface area contributed by atoms with Crippen molar-refractivity contribution in [3.8, 4) is 16.9 Å². The maximum absolute atomic E-state index is 12.6. The number of rotatable bonds is 4. The van der Waals surface area contributed by atoms with Gasteiger partial charge < -0.3 is 0 Å². The molecule has 0 spiro atoms. The second-order valence-electron chi connectivity index (χ2n) is 5.73. The number of aryl methyl sites for hydroxylation is 1. The number of carbonyl (C=O) groups is 1. The van der Waals surface area contributed by atoms with Crippen LogP contribution in [0.25, 0.3) is 16.9 Å². The topological polar surface area (TPSA) is 72.7 Å². The van der Waals surface area contributed by atoms with E-state index in [0.717, 1.165) is 11.3 Å². The molecule has 2 heterocycles. The van der Waals surface area contributed by atoms with Gasteiger partial charge in [-0.3, -0.25) is 10.1 Å². The van der Waals surface area contributed by atoms with Gasteiger partial charge in [0.05, 0.1) is 17.1 Å². The van der Waals surface area contributed by atoms with E-state index >= 15 is 0 Å². The molecule has 0 aliphatic rings. The van der Waals surface area contributed by atoms with Crippen LogP contribution < -0.4 is 5.32 Å². The Morgan fingerprint density at radius 1 is 1.07 bits per heavy atom. The van der Waals surface area contributed by atoms with Gasteiger partial charge in [0.25, 0.3) is 5.91 Å². The first-order valence-corrected chi connectivity index (χ1v) is 9.39. The minimum absolute atomic E-state index is 0.258. The predicted octanol–water partition coefficient (Wildman–Crippen LogP) is 4.60. The highest BCUT2D eigenvalue weighted by molar-refractivity contribution is 7.14. The van der Waals surface area contributed by atoms with Crippen molar-refractivity contribution in [1.82, 2.24) is 20.0 Å². The van der Waals surface area contributed by atoms with E-state index in [9.17, 15) is 4.79 Å². The number of hydrogen-bond acceptors (Lipinski definition) is 5. The summed E-state index contributed by atoms with van der Waals surface area (Å²) in [6.07, 6.45) is 0. The molecular formula is C19H14ClN5OS. The fourth-order valence-corrected chi connectivity index (χ4v) is 3.48. The summed E-state index contributed by atoms with van der Waals surface area (Å²) in [5.41, 5.74) is 3.12. The van der Waals surface area contributed by atoms with E-state index in [2.05, 4.69) is 20.5 Å². The number of benzene rings is 2. The van der Waals surface area contributed by atoms with Gasteiger partial charge in [0.15, 0.2) is 10.8 Å². The minimum atomic E-state index is -0.352. The monoisotopic (exact) mass is 395 g/mol. The summed E-state index contributed by atoms with van der Waals surface area (Å²) in [6.45, 7) is 1.75. The summed E-state index contributed by atoms with van der Waals surface area (Å²) in [5.74, 6) is -0.352. The van der Waals surface area contributed by atoms with Crippen molar-refractivity contribution in [2.24, 2.45) is 0 Å². The van der Waals surface area contributed by atoms with Gasteiger partial charge in [-0.05, 0) is 25.1 Å². The fourth-order valence-electron chi connectivity index (χ4n) is 2.55. The third-order valence-electron chi connectivity index (χ3n) is 3.86. The number of hydrogen-bond donors (Lipinski definition) is 1. The van der Waals surface area contributed by atoms with Gasteiger partial charge in [0.1, 0.15) is 0 Å². The zero-order chi connectivity index (χ0) is 18.8. The van der Waals surface area contributed by atoms with Crippen molar-refractivity contribution in [2.45, 2.75) is 6.92 Å². The Morgan fingerprint density at radius 2 is 1.81 bits per heavy atom. The molecule has 1 amide bonds. The van der Waals surface area contributed by atoms with Gasteiger partial charge in [-0.1, -0.05) is 48.0 Å². The van der Waals surface area contributed by atoms with Crippen LogP contribution in [0.5, 0.6) is 0 Å². The number of aromatic nitrogens is 4. The Bertz CT molecular complexity index is 1110. The molecule has 0 fully saturated rings. The standard InChI is InChI=1S/C19H14ClN5OS/c1-12-17(24-25(23-12)13-7-3-2-4-8-13)18(26)22-19-21-16(11-27-19)14-9-5-6-10-15(14)20/h2-11H,1H3,(H,21,22,26). The van der Waals surface area contributed by atoms with Crippen LogP contribution in [0, 0.1) is 6.92 Å². The molecule has 0 saturated heterocycles. The SMILES string of the molecule is Cc1nn(-c2ccccc2)nc1C(=O)Nc1nc(-c2ccccc2Cl)cs1. The van der Waals surface area contributed by atoms with Gasteiger partial charge in [0, 0.05) is 16.0 Å². The lowest BCUT2D eigenvalue weighted by Crippen LogP contribution is -2.14. The van der Waals surface area contributed by atoms with E-state index in [0.29, 0.717) is 21.5 Å². The molecule has 0 atom stereocenters. The van der Waals surface area contributed by atoms with Crippen molar-refractivity contribution in [2.75, 3.05) is 5.32 Å². The molecule has 4 rings (SSSR count). The van der Waals surface area contributed by atoms with E-state index in [-0.39, 0.29) is 11.6 Å². The molecule has 4 aromatic rings. The van der Waals surface area contributed by atoms with Gasteiger partial charge in [-0.2, -0.15) is 9.90 Å². The molecule has 0 radical (unpaired) electrons. The highest BCUT2D eigenvalue weighted by Crippen LogP contribution is 2.30. The van der Waals surface area contributed by atoms with Crippen LogP contribution in [0.3, 0.4) is 0 Å². The molecule has 1 N–H and O–H groups in total. The van der Waals surface area contributed by atoms with Crippen LogP contribution >= 0.6 is 22.9 Å². The second-order valence-corrected chi connectivity index (χ2v) is 7.00. The van der Waals surface area contributed by atoms with Gasteiger partial charge in [0.2, 0.25) is 0 Å². The minimum Gasteiger partial charge on any atom is -0.296 e. The van der Waals surface area contributed by atoms with Crippen LogP contribution in [0.15, 0.2) is 60.0 Å². The van der Waals surface area contributed by atoms with Crippen molar-refractivity contribution in [3.05, 3.63) is 76.4 Å². The summed E-state index contributed by atoms with van der Waals surface area (Å²) in [6, 6.07) is 16.9. The smallest absolute Gasteiger partial charge is 0.279 e. The normalized spacial score (nSPS) is 10.7. The lowest BCUT2D eigenvalue weighted by Gasteiger charge is -2.00. The second kappa shape index (κ2) is 7.30. The maximum Gasteiger partial charge on any atom is 0.279 e. The lowest BCUT2D eigenvalue weighted by atomic mass is 10.2. The van der Waals surface area contributed by atoms with Crippen LogP contribution in [0.4, 0.5) is 5.13 Å². The Hall–Kier alpha value is -3.03. The Kier molecular flexibility index (Phi) is 4.70. The van der Waals surface area contributed by atoms with Gasteiger partial charge in [-0.25, -0.2) is 4.98 Å². The van der Waals surface area contributed by atoms with Crippen molar-refractivity contribution in [3.63, 3.8) is 0 Å². The number of para-hydroxylation sites is 1. The third kappa shape index (κ3) is 3.60. The van der Waals surface area contributed by atoms with E-state index < -0.39 is 0 Å². The van der Waals surface area contributed by atoms with Gasteiger partial charge >= 0.3 is 0 Å². The van der Waals surface area contributed by atoms with Crippen molar-refractivity contribution >= 4 is 34.0 Å². The van der Waals surface area contributed by atoms with Crippen LogP contribution in [0.1, 0.15) is 16.2 Å². The van der Waals surface area contributed by atoms with Crippen molar-refractivity contribution < 1.29 is 4.79 Å². The summed E-state index contributed by atoms with van der Waals surface area (Å²) < 4.78 is 0. The molecule has 0 bridgehead atoms. The van der Waals surface area contributed by atoms with Crippen LogP contribution in [0.2, 0.25) is 5.02 Å². The van der Waals surface area contributed by atoms with Crippen LogP contribution in [-0.2, 0) is 0 Å². The third-order valence-corrected chi connectivity index (χ3v) is 4.95. The largest absolute Gasteiger partial charge is 0.296 e. The molecule has 8 heteroatoms. The number of nitrogens with one attached hydrogen (secondary N) is 1. The number of carbonyl (C=O) groups excluding carboxylic acids is 1. The molecule has 0 aliphatic carbocycles. The maximum atomic E-state index is 12.6. The summed E-state index contributed by atoms with van der Waals surface area (Å²) in [5, 5.41) is 14.3. The Balaban J connectivity index is 1.55. The van der Waals surface area contributed by atoms with E-state index in [1.807, 2.05) is 53.9 Å². The van der Waals surface area contributed by atoms with Crippen LogP contribution in [-0.4, -0.2) is 25.9 Å². The molecule has 0 saturated carbocycles. The average molecular weight is 396 g/mol. The molecule has 6 nitrogen and oxygen atoms in total. The van der Waals surface area contributed by atoms with Crippen molar-refractivity contribution in [1.29, 1.82) is 0 Å². The first-order valence-electron chi connectivity index (χ1n) is 8.13. The average Bonchev–Trinajstić information content (AvgIpc) is 3.29. The fraction of sp³-hybridized carbons (Fsp3) is 0.0526. The summed E-state index contributed by atoms with van der Waals surface area (Å²) in [4.78, 5) is 18.5. The molecule has 134 valence electrons. The molecule has 2 aromatic carbocycles. The highest BCUT2D eigenvalue weighted by atomic mass is 35.5.